The van der Waals surface area contributed by atoms with Crippen LogP contribution in [0.15, 0.2) is 79.1 Å². The van der Waals surface area contributed by atoms with E-state index >= 15 is 0 Å². The van der Waals surface area contributed by atoms with Gasteiger partial charge < -0.3 is 14.8 Å². The van der Waals surface area contributed by atoms with E-state index in [9.17, 15) is 0 Å². The third-order valence-electron chi connectivity index (χ3n) is 5.29. The number of nitrogens with zero attached hydrogens (tertiary/aromatic N) is 3. The molecule has 7 heteroatoms. The van der Waals surface area contributed by atoms with Gasteiger partial charge in [0.25, 0.3) is 0 Å². The fourth-order valence-corrected chi connectivity index (χ4v) is 3.66. The van der Waals surface area contributed by atoms with Crippen LogP contribution < -0.4 is 14.8 Å². The second kappa shape index (κ2) is 8.39. The van der Waals surface area contributed by atoms with Crippen molar-refractivity contribution < 1.29 is 9.47 Å². The second-order valence-corrected chi connectivity index (χ2v) is 7.15. The average Bonchev–Trinajstić information content (AvgIpc) is 3.30. The maximum absolute atomic E-state index is 5.60. The number of anilines is 2. The van der Waals surface area contributed by atoms with Crippen LogP contribution in [0.3, 0.4) is 0 Å². The third kappa shape index (κ3) is 3.60. The minimum atomic E-state index is 0.575. The van der Waals surface area contributed by atoms with Crippen molar-refractivity contribution in [1.29, 1.82) is 0 Å². The van der Waals surface area contributed by atoms with Gasteiger partial charge in [-0.15, -0.1) is 0 Å². The first-order valence-corrected chi connectivity index (χ1v) is 10.1. The zero-order valence-corrected chi connectivity index (χ0v) is 17.7. The van der Waals surface area contributed by atoms with Gasteiger partial charge >= 0.3 is 0 Å². The fraction of sp³-hybridized carbons (Fsp3) is 0.0800. The molecule has 0 spiro atoms. The lowest BCUT2D eigenvalue weighted by Crippen LogP contribution is -1.99. The summed E-state index contributed by atoms with van der Waals surface area (Å²) in [5, 5.41) is 11.7. The van der Waals surface area contributed by atoms with E-state index in [0.717, 1.165) is 39.2 Å². The number of fused-ring (bicyclic) bond motifs is 1. The van der Waals surface area contributed by atoms with E-state index in [4.69, 9.17) is 9.47 Å². The molecule has 2 N–H and O–H groups in total. The minimum absolute atomic E-state index is 0.575. The van der Waals surface area contributed by atoms with Crippen LogP contribution in [0.25, 0.3) is 33.4 Å². The van der Waals surface area contributed by atoms with Crippen LogP contribution in [0.5, 0.6) is 11.5 Å². The molecule has 5 aromatic rings. The predicted octanol–water partition coefficient (Wildman–Crippen LogP) is 5.45. The Balaban J connectivity index is 1.59. The molecule has 0 aliphatic heterocycles. The molecular formula is C25H21N5O2. The Morgan fingerprint density at radius 3 is 2.31 bits per heavy atom. The highest BCUT2D eigenvalue weighted by molar-refractivity contribution is 6.00. The molecule has 5 rings (SSSR count). The molecule has 2 heterocycles. The monoisotopic (exact) mass is 423 g/mol. The Morgan fingerprint density at radius 2 is 1.56 bits per heavy atom. The molecule has 0 saturated heterocycles. The molecule has 0 radical (unpaired) electrons. The molecular weight excluding hydrogens is 402 g/mol. The normalized spacial score (nSPS) is 10.8. The molecule has 7 nitrogen and oxygen atoms in total. The van der Waals surface area contributed by atoms with E-state index < -0.39 is 0 Å². The van der Waals surface area contributed by atoms with Crippen LogP contribution in [0.2, 0.25) is 0 Å². The first-order valence-electron chi connectivity index (χ1n) is 10.1. The SMILES string of the molecule is COc1ccc(-c2[nH]nc3ncnc(Nc4cc(-c5ccccc5)ccc4OC)c23)cc1. The van der Waals surface area contributed by atoms with Gasteiger partial charge in [-0.05, 0) is 47.5 Å². The molecule has 158 valence electrons. The van der Waals surface area contributed by atoms with Gasteiger partial charge in [0.05, 0.1) is 31.0 Å². The van der Waals surface area contributed by atoms with Crippen LogP contribution >= 0.6 is 0 Å². The number of benzene rings is 3. The maximum atomic E-state index is 5.60. The van der Waals surface area contributed by atoms with E-state index in [1.54, 1.807) is 14.2 Å². The highest BCUT2D eigenvalue weighted by Crippen LogP contribution is 2.36. The number of H-pyrrole nitrogens is 1. The number of aromatic nitrogens is 4. The van der Waals surface area contributed by atoms with Crippen molar-refractivity contribution in [3.63, 3.8) is 0 Å². The number of ether oxygens (including phenoxy) is 2. The van der Waals surface area contributed by atoms with Crippen LogP contribution in [0.1, 0.15) is 0 Å². The summed E-state index contributed by atoms with van der Waals surface area (Å²) in [6.07, 6.45) is 1.50. The second-order valence-electron chi connectivity index (χ2n) is 7.15. The average molecular weight is 423 g/mol. The summed E-state index contributed by atoms with van der Waals surface area (Å²) in [6, 6.07) is 24.0. The van der Waals surface area contributed by atoms with Crippen molar-refractivity contribution in [2.75, 3.05) is 19.5 Å². The van der Waals surface area contributed by atoms with Crippen molar-refractivity contribution in [2.45, 2.75) is 0 Å². The zero-order valence-electron chi connectivity index (χ0n) is 17.7. The molecule has 0 unspecified atom stereocenters. The molecule has 3 aromatic carbocycles. The van der Waals surface area contributed by atoms with E-state index in [2.05, 4.69) is 43.7 Å². The van der Waals surface area contributed by atoms with Gasteiger partial charge in [0, 0.05) is 5.56 Å². The lowest BCUT2D eigenvalue weighted by atomic mass is 10.0. The number of nitrogens with one attached hydrogen (secondary N) is 2. The van der Waals surface area contributed by atoms with Gasteiger partial charge in [0.15, 0.2) is 5.65 Å². The third-order valence-corrected chi connectivity index (χ3v) is 5.29. The highest BCUT2D eigenvalue weighted by atomic mass is 16.5. The van der Waals surface area contributed by atoms with Crippen molar-refractivity contribution in [3.8, 4) is 33.9 Å². The molecule has 0 fully saturated rings. The van der Waals surface area contributed by atoms with Crippen molar-refractivity contribution in [2.24, 2.45) is 0 Å². The lowest BCUT2D eigenvalue weighted by molar-refractivity contribution is 0.415. The number of aromatic amines is 1. The lowest BCUT2D eigenvalue weighted by Gasteiger charge is -2.13. The van der Waals surface area contributed by atoms with Gasteiger partial charge in [-0.25, -0.2) is 9.97 Å². The van der Waals surface area contributed by atoms with E-state index in [0.29, 0.717) is 17.2 Å². The van der Waals surface area contributed by atoms with Gasteiger partial charge in [0.1, 0.15) is 23.6 Å². The van der Waals surface area contributed by atoms with E-state index in [1.807, 2.05) is 54.6 Å². The Hall–Kier alpha value is -4.39. The molecule has 0 saturated carbocycles. The highest BCUT2D eigenvalue weighted by Gasteiger charge is 2.16. The Morgan fingerprint density at radius 1 is 0.781 bits per heavy atom. The molecule has 0 aliphatic carbocycles. The number of methoxy groups -OCH3 is 2. The van der Waals surface area contributed by atoms with Crippen molar-refractivity contribution in [3.05, 3.63) is 79.1 Å². The zero-order chi connectivity index (χ0) is 21.9. The molecule has 2 aromatic heterocycles. The van der Waals surface area contributed by atoms with Gasteiger partial charge in [-0.2, -0.15) is 5.10 Å². The number of hydrogen-bond acceptors (Lipinski definition) is 6. The molecule has 0 bridgehead atoms. The Bertz CT molecular complexity index is 1360. The molecule has 0 amide bonds. The van der Waals surface area contributed by atoms with Crippen LogP contribution in [0.4, 0.5) is 11.5 Å². The van der Waals surface area contributed by atoms with Crippen LogP contribution in [-0.2, 0) is 0 Å². The topological polar surface area (TPSA) is 85.0 Å². The quantitative estimate of drug-likeness (QED) is 0.378. The summed E-state index contributed by atoms with van der Waals surface area (Å²) in [5.41, 5.74) is 5.34. The first-order chi connectivity index (χ1) is 15.8. The minimum Gasteiger partial charge on any atom is -0.497 e. The summed E-state index contributed by atoms with van der Waals surface area (Å²) in [5.74, 6) is 2.14. The summed E-state index contributed by atoms with van der Waals surface area (Å²) in [4.78, 5) is 8.83. The summed E-state index contributed by atoms with van der Waals surface area (Å²) >= 11 is 0. The van der Waals surface area contributed by atoms with Gasteiger partial charge in [0.2, 0.25) is 0 Å². The number of rotatable bonds is 6. The van der Waals surface area contributed by atoms with Crippen molar-refractivity contribution >= 4 is 22.5 Å². The predicted molar refractivity (Wildman–Crippen MR) is 125 cm³/mol. The fourth-order valence-electron chi connectivity index (χ4n) is 3.66. The van der Waals surface area contributed by atoms with E-state index in [-0.39, 0.29) is 0 Å². The smallest absolute Gasteiger partial charge is 0.186 e. The molecule has 0 atom stereocenters. The van der Waals surface area contributed by atoms with Gasteiger partial charge in [-0.3, -0.25) is 5.10 Å². The van der Waals surface area contributed by atoms with Gasteiger partial charge in [-0.1, -0.05) is 36.4 Å². The number of hydrogen-bond donors (Lipinski definition) is 2. The maximum Gasteiger partial charge on any atom is 0.186 e. The largest absolute Gasteiger partial charge is 0.497 e. The van der Waals surface area contributed by atoms with E-state index in [1.165, 1.54) is 6.33 Å². The summed E-state index contributed by atoms with van der Waals surface area (Å²) < 4.78 is 10.9. The Kier molecular flexibility index (Phi) is 5.13. The van der Waals surface area contributed by atoms with Crippen LogP contribution in [-0.4, -0.2) is 34.4 Å². The van der Waals surface area contributed by atoms with Crippen LogP contribution in [0, 0.1) is 0 Å². The van der Waals surface area contributed by atoms with Crippen molar-refractivity contribution in [1.82, 2.24) is 20.2 Å². The molecule has 32 heavy (non-hydrogen) atoms. The standard InChI is InChI=1S/C25H21N5O2/c1-31-19-11-8-17(9-12-19)23-22-24(26-15-27-25(22)30-29-23)28-20-14-18(10-13-21(20)32-2)16-6-4-3-5-7-16/h3-15H,1-2H3,(H2,26,27,28,29,30). The summed E-state index contributed by atoms with van der Waals surface area (Å²) in [6.45, 7) is 0. The first kappa shape index (κ1) is 19.6. The summed E-state index contributed by atoms with van der Waals surface area (Å²) in [7, 11) is 3.30. The molecule has 0 aliphatic rings. The Labute approximate surface area is 185 Å².